The van der Waals surface area contributed by atoms with Crippen molar-refractivity contribution in [1.82, 2.24) is 20.2 Å². The van der Waals surface area contributed by atoms with Crippen LogP contribution in [0, 0.1) is 4.77 Å². The molecule has 13 heavy (non-hydrogen) atoms. The maximum Gasteiger partial charge on any atom is 0.238 e. The summed E-state index contributed by atoms with van der Waals surface area (Å²) in [5.41, 5.74) is 0. The van der Waals surface area contributed by atoms with E-state index in [0.717, 1.165) is 0 Å². The number of tetrazole rings is 1. The Hall–Kier alpha value is -0.760. The number of nitrogens with zero attached hydrogens (tertiary/aromatic N) is 3. The van der Waals surface area contributed by atoms with Crippen LogP contribution in [0.5, 0.6) is 0 Å². The molecule has 1 rings (SSSR count). The van der Waals surface area contributed by atoms with Crippen LogP contribution in [0.2, 0.25) is 0 Å². The first-order valence-electron chi connectivity index (χ1n) is 3.73. The van der Waals surface area contributed by atoms with Crippen LogP contribution >= 0.6 is 12.2 Å². The van der Waals surface area contributed by atoms with Crippen molar-refractivity contribution in [2.75, 3.05) is 11.5 Å². The third-order valence-electron chi connectivity index (χ3n) is 1.60. The molecule has 0 fully saturated rings. The monoisotopic (exact) mass is 222 g/mol. The van der Waals surface area contributed by atoms with Gasteiger partial charge in [0.05, 0.1) is 12.3 Å². The molecule has 0 spiro atoms. The number of H-pyrrole nitrogens is 1. The van der Waals surface area contributed by atoms with Gasteiger partial charge in [0.15, 0.2) is 9.84 Å². The molecule has 0 unspecified atom stereocenters. The zero-order valence-electron chi connectivity index (χ0n) is 7.10. The van der Waals surface area contributed by atoms with Gasteiger partial charge in [-0.1, -0.05) is 17.2 Å². The first-order chi connectivity index (χ1) is 6.05. The van der Waals surface area contributed by atoms with Gasteiger partial charge >= 0.3 is 0 Å². The first kappa shape index (κ1) is 10.3. The Bertz CT molecular complexity index is 418. The third kappa shape index (κ3) is 2.88. The predicted molar refractivity (Wildman–Crippen MR) is 49.5 cm³/mol. The van der Waals surface area contributed by atoms with E-state index in [1.165, 1.54) is 4.68 Å². The summed E-state index contributed by atoms with van der Waals surface area (Å²) in [5.74, 6) is 0.198. The van der Waals surface area contributed by atoms with Crippen LogP contribution in [0.15, 0.2) is 0 Å². The lowest BCUT2D eigenvalue weighted by Crippen LogP contribution is -2.15. The average molecular weight is 222 g/mol. The van der Waals surface area contributed by atoms with Crippen LogP contribution in [0.1, 0.15) is 6.92 Å². The van der Waals surface area contributed by atoms with Gasteiger partial charge in [0.1, 0.15) is 0 Å². The van der Waals surface area contributed by atoms with Crippen molar-refractivity contribution in [3.63, 3.8) is 0 Å². The van der Waals surface area contributed by atoms with Crippen LogP contribution in [0.3, 0.4) is 0 Å². The summed E-state index contributed by atoms with van der Waals surface area (Å²) in [6.07, 6.45) is 0. The molecule has 1 aromatic rings. The van der Waals surface area contributed by atoms with E-state index in [4.69, 9.17) is 12.2 Å². The molecule has 0 amide bonds. The van der Waals surface area contributed by atoms with Gasteiger partial charge in [0.2, 0.25) is 4.77 Å². The number of aromatic nitrogens is 4. The highest BCUT2D eigenvalue weighted by atomic mass is 32.2. The number of hydrogen-bond acceptors (Lipinski definition) is 5. The Balaban J connectivity index is 2.64. The van der Waals surface area contributed by atoms with Crippen molar-refractivity contribution >= 4 is 22.1 Å². The molecule has 74 valence electrons. The first-order valence-corrected chi connectivity index (χ1v) is 5.96. The van der Waals surface area contributed by atoms with Crippen molar-refractivity contribution in [2.45, 2.75) is 13.5 Å². The van der Waals surface area contributed by atoms with Gasteiger partial charge in [-0.05, 0) is 12.2 Å². The summed E-state index contributed by atoms with van der Waals surface area (Å²) in [4.78, 5) is 0. The highest BCUT2D eigenvalue weighted by Gasteiger charge is 2.07. The Labute approximate surface area is 80.9 Å². The van der Waals surface area contributed by atoms with Crippen LogP contribution in [0.25, 0.3) is 0 Å². The van der Waals surface area contributed by atoms with Gasteiger partial charge in [-0.25, -0.2) is 13.1 Å². The molecule has 8 heteroatoms. The standard InChI is InChI=1S/C5H10N4O2S2/c1-2-13(10,11)4-3-9-5(12)6-7-8-9/h2-4H2,1H3,(H,6,8,12). The fourth-order valence-corrected chi connectivity index (χ4v) is 1.66. The van der Waals surface area contributed by atoms with Gasteiger partial charge in [0.25, 0.3) is 0 Å². The van der Waals surface area contributed by atoms with Crippen LogP contribution in [-0.2, 0) is 16.4 Å². The Kier molecular flexibility index (Phi) is 3.15. The molecule has 0 aliphatic carbocycles. The second-order valence-electron chi connectivity index (χ2n) is 2.47. The smallest absolute Gasteiger partial charge is 0.238 e. The van der Waals surface area contributed by atoms with Crippen LogP contribution in [-0.4, -0.2) is 40.1 Å². The molecule has 0 atom stereocenters. The normalized spacial score (nSPS) is 11.8. The third-order valence-corrected chi connectivity index (χ3v) is 3.58. The molecule has 1 N–H and O–H groups in total. The second kappa shape index (κ2) is 3.97. The highest BCUT2D eigenvalue weighted by Crippen LogP contribution is 1.92. The zero-order chi connectivity index (χ0) is 9.90. The Morgan fingerprint density at radius 3 is 2.77 bits per heavy atom. The van der Waals surface area contributed by atoms with E-state index in [2.05, 4.69) is 15.5 Å². The number of rotatable bonds is 4. The molecule has 0 aliphatic heterocycles. The molecule has 0 aliphatic rings. The number of sulfone groups is 1. The molecule has 1 aromatic heterocycles. The van der Waals surface area contributed by atoms with Gasteiger partial charge in [0, 0.05) is 5.75 Å². The highest BCUT2D eigenvalue weighted by molar-refractivity contribution is 7.91. The minimum atomic E-state index is -2.96. The summed E-state index contributed by atoms with van der Waals surface area (Å²) in [5, 5.41) is 9.45. The molecule has 6 nitrogen and oxygen atoms in total. The van der Waals surface area contributed by atoms with Gasteiger partial charge in [-0.3, -0.25) is 0 Å². The van der Waals surface area contributed by atoms with Gasteiger partial charge < -0.3 is 0 Å². The second-order valence-corrected chi connectivity index (χ2v) is 5.31. The van der Waals surface area contributed by atoms with Crippen LogP contribution in [0.4, 0.5) is 0 Å². The minimum Gasteiger partial charge on any atom is -0.241 e. The maximum absolute atomic E-state index is 11.1. The van der Waals surface area contributed by atoms with E-state index < -0.39 is 9.84 Å². The number of aryl methyl sites for hydroxylation is 1. The summed E-state index contributed by atoms with van der Waals surface area (Å²) in [7, 11) is -2.96. The molecule has 0 radical (unpaired) electrons. The van der Waals surface area contributed by atoms with Crippen molar-refractivity contribution in [3.05, 3.63) is 4.77 Å². The molecule has 0 saturated carbocycles. The Morgan fingerprint density at radius 1 is 1.62 bits per heavy atom. The van der Waals surface area contributed by atoms with Crippen LogP contribution < -0.4 is 0 Å². The summed E-state index contributed by atoms with van der Waals surface area (Å²) >= 11 is 4.77. The lowest BCUT2D eigenvalue weighted by molar-refractivity contribution is 0.574. The summed E-state index contributed by atoms with van der Waals surface area (Å²) in [6, 6.07) is 0. The summed E-state index contributed by atoms with van der Waals surface area (Å²) in [6.45, 7) is 1.89. The fraction of sp³-hybridized carbons (Fsp3) is 0.800. The molecule has 0 bridgehead atoms. The van der Waals surface area contributed by atoms with E-state index in [-0.39, 0.29) is 22.8 Å². The lowest BCUT2D eigenvalue weighted by atomic mass is 10.8. The SMILES string of the molecule is CCS(=O)(=O)CCn1[nH]nnc1=S. The zero-order valence-corrected chi connectivity index (χ0v) is 8.73. The quantitative estimate of drug-likeness (QED) is 0.712. The molecular weight excluding hydrogens is 212 g/mol. The van der Waals surface area contributed by atoms with Crippen molar-refractivity contribution in [3.8, 4) is 0 Å². The fourth-order valence-electron chi connectivity index (χ4n) is 0.736. The molecule has 0 saturated heterocycles. The van der Waals surface area contributed by atoms with Crippen molar-refractivity contribution in [2.24, 2.45) is 0 Å². The maximum atomic E-state index is 11.1. The lowest BCUT2D eigenvalue weighted by Gasteiger charge is -2.00. The van der Waals surface area contributed by atoms with Gasteiger partial charge in [-0.15, -0.1) is 0 Å². The Morgan fingerprint density at radius 2 is 2.31 bits per heavy atom. The predicted octanol–water partition coefficient (Wildman–Crippen LogP) is -0.230. The van der Waals surface area contributed by atoms with E-state index in [0.29, 0.717) is 0 Å². The number of nitrogens with one attached hydrogen (secondary N) is 1. The van der Waals surface area contributed by atoms with E-state index in [9.17, 15) is 8.42 Å². The number of hydrogen-bond donors (Lipinski definition) is 1. The van der Waals surface area contributed by atoms with E-state index in [1.54, 1.807) is 6.92 Å². The van der Waals surface area contributed by atoms with E-state index in [1.807, 2.05) is 0 Å². The molecular formula is C5H10N4O2S2. The number of aromatic amines is 1. The van der Waals surface area contributed by atoms with Crippen molar-refractivity contribution in [1.29, 1.82) is 0 Å². The molecule has 1 heterocycles. The van der Waals surface area contributed by atoms with Crippen molar-refractivity contribution < 1.29 is 8.42 Å². The summed E-state index contributed by atoms with van der Waals surface area (Å²) < 4.78 is 23.9. The topological polar surface area (TPSA) is 80.6 Å². The largest absolute Gasteiger partial charge is 0.241 e. The van der Waals surface area contributed by atoms with Gasteiger partial charge in [-0.2, -0.15) is 5.21 Å². The average Bonchev–Trinajstić information content (AvgIpc) is 2.48. The minimum absolute atomic E-state index is 0.0572. The molecule has 0 aromatic carbocycles. The van der Waals surface area contributed by atoms with E-state index >= 15 is 0 Å².